The Morgan fingerprint density at radius 1 is 1.32 bits per heavy atom. The second kappa shape index (κ2) is 7.92. The summed E-state index contributed by atoms with van der Waals surface area (Å²) in [5.74, 6) is -0.414. The number of hydrogen-bond acceptors (Lipinski definition) is 5. The Morgan fingerprint density at radius 3 is 2.72 bits per heavy atom. The topological polar surface area (TPSA) is 58.6 Å². The average molecular weight is 384 g/mol. The molecule has 1 atom stereocenters. The first-order chi connectivity index (χ1) is 12.0. The van der Waals surface area contributed by atoms with Crippen LogP contribution in [0.5, 0.6) is 0 Å². The highest BCUT2D eigenvalue weighted by Gasteiger charge is 2.25. The monoisotopic (exact) mass is 384 g/mol. The van der Waals surface area contributed by atoms with Gasteiger partial charge in [0.2, 0.25) is 10.0 Å². The minimum atomic E-state index is -3.70. The number of thiophene rings is 1. The molecule has 1 aliphatic heterocycles. The highest BCUT2D eigenvalue weighted by atomic mass is 32.2. The molecule has 25 heavy (non-hydrogen) atoms. The zero-order valence-corrected chi connectivity index (χ0v) is 15.6. The van der Waals surface area contributed by atoms with Crippen molar-refractivity contribution in [2.75, 3.05) is 32.8 Å². The Hall–Kier alpha value is -1.32. The predicted octanol–water partition coefficient (Wildman–Crippen LogP) is 2.55. The maximum absolute atomic E-state index is 13.4. The number of halogens is 1. The van der Waals surface area contributed by atoms with Crippen LogP contribution >= 0.6 is 11.3 Å². The van der Waals surface area contributed by atoms with E-state index < -0.39 is 15.8 Å². The van der Waals surface area contributed by atoms with E-state index in [0.717, 1.165) is 18.7 Å². The fourth-order valence-corrected chi connectivity index (χ4v) is 4.70. The van der Waals surface area contributed by atoms with Gasteiger partial charge in [-0.25, -0.2) is 17.5 Å². The van der Waals surface area contributed by atoms with E-state index in [9.17, 15) is 12.8 Å². The minimum Gasteiger partial charge on any atom is -0.379 e. The van der Waals surface area contributed by atoms with Crippen molar-refractivity contribution in [1.82, 2.24) is 9.62 Å². The molecule has 0 amide bonds. The molecule has 1 aliphatic rings. The number of aryl methyl sites for hydroxylation is 1. The third-order valence-electron chi connectivity index (χ3n) is 4.32. The van der Waals surface area contributed by atoms with E-state index in [1.807, 2.05) is 16.8 Å². The first-order valence-corrected chi connectivity index (χ1v) is 10.5. The van der Waals surface area contributed by atoms with Gasteiger partial charge in [0.1, 0.15) is 5.82 Å². The SMILES string of the molecule is Cc1cc(S(=O)(=O)NC[C@@H](c2ccsc2)N2CCOCC2)ccc1F. The summed E-state index contributed by atoms with van der Waals surface area (Å²) in [7, 11) is -3.70. The van der Waals surface area contributed by atoms with Gasteiger partial charge < -0.3 is 4.74 Å². The van der Waals surface area contributed by atoms with Gasteiger partial charge in [-0.3, -0.25) is 4.90 Å². The van der Waals surface area contributed by atoms with E-state index in [2.05, 4.69) is 9.62 Å². The molecule has 1 N–H and O–H groups in total. The minimum absolute atomic E-state index is 0.0496. The van der Waals surface area contributed by atoms with Gasteiger partial charge in [0, 0.05) is 25.7 Å². The molecular weight excluding hydrogens is 363 g/mol. The zero-order chi connectivity index (χ0) is 17.9. The van der Waals surface area contributed by atoms with Crippen LogP contribution in [0.1, 0.15) is 17.2 Å². The number of morpholine rings is 1. The molecule has 0 aliphatic carbocycles. The number of nitrogens with zero attached hydrogens (tertiary/aromatic N) is 1. The second-order valence-electron chi connectivity index (χ2n) is 5.98. The van der Waals surface area contributed by atoms with E-state index >= 15 is 0 Å². The molecule has 5 nitrogen and oxygen atoms in total. The van der Waals surface area contributed by atoms with Gasteiger partial charge in [0.15, 0.2) is 0 Å². The van der Waals surface area contributed by atoms with Gasteiger partial charge in [-0.2, -0.15) is 11.3 Å². The van der Waals surface area contributed by atoms with Crippen LogP contribution in [0.2, 0.25) is 0 Å². The number of rotatable bonds is 6. The van der Waals surface area contributed by atoms with Crippen LogP contribution in [0.25, 0.3) is 0 Å². The summed E-state index contributed by atoms with van der Waals surface area (Å²) < 4.78 is 46.6. The molecule has 2 heterocycles. The molecule has 1 fully saturated rings. The van der Waals surface area contributed by atoms with Crippen molar-refractivity contribution < 1.29 is 17.5 Å². The largest absolute Gasteiger partial charge is 0.379 e. The Bertz CT molecular complexity index is 803. The maximum Gasteiger partial charge on any atom is 0.240 e. The van der Waals surface area contributed by atoms with E-state index in [0.29, 0.717) is 18.8 Å². The van der Waals surface area contributed by atoms with Crippen LogP contribution in [0.3, 0.4) is 0 Å². The first kappa shape index (κ1) is 18.5. The van der Waals surface area contributed by atoms with Gasteiger partial charge in [-0.05, 0) is 53.1 Å². The standard InChI is InChI=1S/C17H21FN2O3S2/c1-13-10-15(2-3-16(13)18)25(21,22)19-11-17(14-4-9-24-12-14)20-5-7-23-8-6-20/h2-4,9-10,12,17,19H,5-8,11H2,1H3/t17-/m0/s1. The van der Waals surface area contributed by atoms with Crippen molar-refractivity contribution in [3.63, 3.8) is 0 Å². The van der Waals surface area contributed by atoms with Gasteiger partial charge >= 0.3 is 0 Å². The lowest BCUT2D eigenvalue weighted by Gasteiger charge is -2.34. The third kappa shape index (κ3) is 4.45. The Morgan fingerprint density at radius 2 is 2.08 bits per heavy atom. The lowest BCUT2D eigenvalue weighted by Crippen LogP contribution is -2.43. The zero-order valence-electron chi connectivity index (χ0n) is 13.9. The summed E-state index contributed by atoms with van der Waals surface area (Å²) >= 11 is 1.59. The molecular formula is C17H21FN2O3S2. The summed E-state index contributed by atoms with van der Waals surface area (Å²) in [5, 5.41) is 4.02. The van der Waals surface area contributed by atoms with Gasteiger partial charge in [-0.1, -0.05) is 0 Å². The Balaban J connectivity index is 1.76. The molecule has 136 valence electrons. The molecule has 1 aromatic heterocycles. The van der Waals surface area contributed by atoms with Crippen molar-refractivity contribution >= 4 is 21.4 Å². The number of benzene rings is 1. The summed E-state index contributed by atoms with van der Waals surface area (Å²) in [4.78, 5) is 2.31. The molecule has 3 rings (SSSR count). The highest BCUT2D eigenvalue weighted by Crippen LogP contribution is 2.24. The van der Waals surface area contributed by atoms with Crippen LogP contribution in [-0.4, -0.2) is 46.2 Å². The van der Waals surface area contributed by atoms with Gasteiger partial charge in [0.25, 0.3) is 0 Å². The van der Waals surface area contributed by atoms with Crippen LogP contribution in [0.4, 0.5) is 4.39 Å². The molecule has 0 unspecified atom stereocenters. The van der Waals surface area contributed by atoms with E-state index in [1.165, 1.54) is 18.2 Å². The lowest BCUT2D eigenvalue weighted by atomic mass is 10.1. The molecule has 1 aromatic carbocycles. The van der Waals surface area contributed by atoms with Crippen molar-refractivity contribution in [3.05, 3.63) is 52.0 Å². The smallest absolute Gasteiger partial charge is 0.240 e. The van der Waals surface area contributed by atoms with E-state index in [-0.39, 0.29) is 17.5 Å². The Kier molecular flexibility index (Phi) is 5.85. The molecule has 8 heteroatoms. The van der Waals surface area contributed by atoms with Gasteiger partial charge in [-0.15, -0.1) is 0 Å². The number of nitrogens with one attached hydrogen (secondary N) is 1. The molecule has 0 bridgehead atoms. The van der Waals surface area contributed by atoms with Gasteiger partial charge in [0.05, 0.1) is 18.1 Å². The van der Waals surface area contributed by atoms with Crippen LogP contribution in [0.15, 0.2) is 39.9 Å². The van der Waals surface area contributed by atoms with Crippen molar-refractivity contribution in [1.29, 1.82) is 0 Å². The first-order valence-electron chi connectivity index (χ1n) is 8.07. The lowest BCUT2D eigenvalue weighted by molar-refractivity contribution is 0.0173. The number of ether oxygens (including phenoxy) is 1. The van der Waals surface area contributed by atoms with E-state index in [1.54, 1.807) is 18.3 Å². The average Bonchev–Trinajstić information content (AvgIpc) is 3.12. The molecule has 0 radical (unpaired) electrons. The summed E-state index contributed by atoms with van der Waals surface area (Å²) in [6.07, 6.45) is 0. The van der Waals surface area contributed by atoms with Crippen molar-refractivity contribution in [2.45, 2.75) is 17.9 Å². The highest BCUT2D eigenvalue weighted by molar-refractivity contribution is 7.89. The number of sulfonamides is 1. The van der Waals surface area contributed by atoms with Crippen LogP contribution in [0, 0.1) is 12.7 Å². The summed E-state index contributed by atoms with van der Waals surface area (Å²) in [6.45, 7) is 4.62. The Labute approximate surface area is 151 Å². The number of hydrogen-bond donors (Lipinski definition) is 1. The fraction of sp³-hybridized carbons (Fsp3) is 0.412. The van der Waals surface area contributed by atoms with Crippen molar-refractivity contribution in [2.24, 2.45) is 0 Å². The van der Waals surface area contributed by atoms with Crippen LogP contribution in [-0.2, 0) is 14.8 Å². The normalized spacial score (nSPS) is 17.5. The molecule has 0 spiro atoms. The summed E-state index contributed by atoms with van der Waals surface area (Å²) in [6, 6.07) is 5.79. The predicted molar refractivity (Wildman–Crippen MR) is 95.8 cm³/mol. The van der Waals surface area contributed by atoms with E-state index in [4.69, 9.17) is 4.74 Å². The van der Waals surface area contributed by atoms with Crippen molar-refractivity contribution in [3.8, 4) is 0 Å². The third-order valence-corrected chi connectivity index (χ3v) is 6.44. The molecule has 0 saturated carbocycles. The van der Waals surface area contributed by atoms with Crippen LogP contribution < -0.4 is 4.72 Å². The second-order valence-corrected chi connectivity index (χ2v) is 8.53. The quantitative estimate of drug-likeness (QED) is 0.832. The summed E-state index contributed by atoms with van der Waals surface area (Å²) in [5.41, 5.74) is 1.40. The molecule has 1 saturated heterocycles. The molecule has 2 aromatic rings. The fourth-order valence-electron chi connectivity index (χ4n) is 2.87. The maximum atomic E-state index is 13.4.